The van der Waals surface area contributed by atoms with Crippen LogP contribution < -0.4 is 0 Å². The van der Waals surface area contributed by atoms with Gasteiger partial charge in [0, 0.05) is 6.08 Å². The first kappa shape index (κ1) is 15.3. The molecule has 0 aliphatic carbocycles. The minimum absolute atomic E-state index is 0.179. The molecule has 0 bridgehead atoms. The molecule has 0 N–H and O–H groups in total. The second kappa shape index (κ2) is 5.57. The van der Waals surface area contributed by atoms with Crippen molar-refractivity contribution in [3.8, 4) is 0 Å². The van der Waals surface area contributed by atoms with E-state index in [4.69, 9.17) is 9.16 Å². The molecule has 0 amide bonds. The van der Waals surface area contributed by atoms with Crippen molar-refractivity contribution in [1.29, 1.82) is 0 Å². The molecular formula is C13H26O2Si. The molecule has 0 fully saturated rings. The molecule has 0 radical (unpaired) electrons. The fourth-order valence-electron chi connectivity index (χ4n) is 0.849. The first-order valence-electron chi connectivity index (χ1n) is 5.79. The van der Waals surface area contributed by atoms with E-state index in [2.05, 4.69) is 40.4 Å². The zero-order chi connectivity index (χ0) is 13.0. The van der Waals surface area contributed by atoms with Crippen molar-refractivity contribution in [2.45, 2.75) is 52.8 Å². The maximum atomic E-state index is 6.07. The summed E-state index contributed by atoms with van der Waals surface area (Å²) in [6.45, 7) is 19.4. The van der Waals surface area contributed by atoms with Crippen molar-refractivity contribution < 1.29 is 9.16 Å². The number of hydrogen-bond acceptors (Lipinski definition) is 2. The van der Waals surface area contributed by atoms with Crippen molar-refractivity contribution in [3.63, 3.8) is 0 Å². The molecule has 2 nitrogen and oxygen atoms in total. The summed E-state index contributed by atoms with van der Waals surface area (Å²) in [4.78, 5) is 0. The normalized spacial score (nSPS) is 13.6. The highest BCUT2D eigenvalue weighted by atomic mass is 28.4. The molecule has 0 saturated carbocycles. The lowest BCUT2D eigenvalue weighted by Crippen LogP contribution is -2.40. The van der Waals surface area contributed by atoms with Gasteiger partial charge in [-0.3, -0.25) is 0 Å². The van der Waals surface area contributed by atoms with Crippen LogP contribution in [0.2, 0.25) is 18.1 Å². The summed E-state index contributed by atoms with van der Waals surface area (Å²) >= 11 is 0. The first-order valence-corrected chi connectivity index (χ1v) is 8.70. The highest BCUT2D eigenvalue weighted by Gasteiger charge is 2.39. The molecule has 0 spiro atoms. The molecule has 0 aliphatic heterocycles. The molecular weight excluding hydrogens is 216 g/mol. The van der Waals surface area contributed by atoms with E-state index in [0.717, 1.165) is 5.57 Å². The summed E-state index contributed by atoms with van der Waals surface area (Å²) in [6, 6.07) is 0. The average Bonchev–Trinajstić information content (AvgIpc) is 1.99. The summed E-state index contributed by atoms with van der Waals surface area (Å²) in [5, 5.41) is 0.179. The zero-order valence-electron chi connectivity index (χ0n) is 11.8. The van der Waals surface area contributed by atoms with Gasteiger partial charge in [-0.05, 0) is 32.0 Å². The highest BCUT2D eigenvalue weighted by Crippen LogP contribution is 2.38. The Labute approximate surface area is 101 Å². The van der Waals surface area contributed by atoms with Gasteiger partial charge in [-0.15, -0.1) is 0 Å². The van der Waals surface area contributed by atoms with Crippen LogP contribution in [0.15, 0.2) is 24.2 Å². The van der Waals surface area contributed by atoms with Crippen LogP contribution in [-0.2, 0) is 9.16 Å². The second-order valence-electron chi connectivity index (χ2n) is 5.61. The van der Waals surface area contributed by atoms with Gasteiger partial charge in [-0.2, -0.15) is 0 Å². The summed E-state index contributed by atoms with van der Waals surface area (Å²) in [7, 11) is -1.81. The van der Waals surface area contributed by atoms with E-state index in [-0.39, 0.29) is 5.04 Å². The van der Waals surface area contributed by atoms with E-state index >= 15 is 0 Å². The molecule has 3 heteroatoms. The minimum Gasteiger partial charge on any atom is -0.519 e. The predicted molar refractivity (Wildman–Crippen MR) is 72.8 cm³/mol. The van der Waals surface area contributed by atoms with Crippen molar-refractivity contribution in [2.24, 2.45) is 0 Å². The Bertz CT molecular complexity index is 272. The molecule has 0 rings (SSSR count). The van der Waals surface area contributed by atoms with Gasteiger partial charge in [-0.25, -0.2) is 0 Å². The fourth-order valence-corrected chi connectivity index (χ4v) is 1.78. The van der Waals surface area contributed by atoms with E-state index in [1.54, 1.807) is 0 Å². The van der Waals surface area contributed by atoms with Crippen LogP contribution in [0.3, 0.4) is 0 Å². The van der Waals surface area contributed by atoms with Crippen molar-refractivity contribution in [2.75, 3.05) is 6.61 Å². The monoisotopic (exact) mass is 242 g/mol. The van der Waals surface area contributed by atoms with Gasteiger partial charge in [0.2, 0.25) is 0 Å². The van der Waals surface area contributed by atoms with Crippen LogP contribution in [0.5, 0.6) is 0 Å². The molecule has 16 heavy (non-hydrogen) atoms. The van der Waals surface area contributed by atoms with E-state index in [9.17, 15) is 0 Å². The van der Waals surface area contributed by atoms with Crippen LogP contribution in [0.25, 0.3) is 0 Å². The summed E-state index contributed by atoms with van der Waals surface area (Å²) < 4.78 is 11.6. The molecule has 0 atom stereocenters. The Morgan fingerprint density at radius 1 is 1.31 bits per heavy atom. The zero-order valence-corrected chi connectivity index (χ0v) is 12.8. The van der Waals surface area contributed by atoms with Crippen LogP contribution in [-0.4, -0.2) is 14.9 Å². The Morgan fingerprint density at radius 3 is 2.12 bits per heavy atom. The van der Waals surface area contributed by atoms with E-state index in [1.165, 1.54) is 0 Å². The lowest BCUT2D eigenvalue weighted by molar-refractivity contribution is 0.107. The quantitative estimate of drug-likeness (QED) is 0.402. The van der Waals surface area contributed by atoms with Crippen LogP contribution in [0.1, 0.15) is 34.6 Å². The SMILES string of the molecule is C=C(C)/C=C(/OCC)O[Si](C)(C)C(C)(C)C. The lowest BCUT2D eigenvalue weighted by atomic mass is 10.2. The van der Waals surface area contributed by atoms with Crippen molar-refractivity contribution in [1.82, 2.24) is 0 Å². The molecule has 0 aromatic carbocycles. The smallest absolute Gasteiger partial charge is 0.265 e. The number of ether oxygens (including phenoxy) is 1. The van der Waals surface area contributed by atoms with Crippen molar-refractivity contribution >= 4 is 8.32 Å². The van der Waals surface area contributed by atoms with Gasteiger partial charge >= 0.3 is 0 Å². The maximum Gasteiger partial charge on any atom is 0.265 e. The Balaban J connectivity index is 4.83. The predicted octanol–water partition coefficient (Wildman–Crippen LogP) is 4.46. The molecule has 0 unspecified atom stereocenters. The van der Waals surface area contributed by atoms with Gasteiger partial charge in [0.25, 0.3) is 14.3 Å². The lowest BCUT2D eigenvalue weighted by Gasteiger charge is -2.36. The number of rotatable bonds is 5. The van der Waals surface area contributed by atoms with Crippen molar-refractivity contribution in [3.05, 3.63) is 24.2 Å². The molecule has 0 aromatic heterocycles. The minimum atomic E-state index is -1.81. The number of hydrogen-bond donors (Lipinski definition) is 0. The standard InChI is InChI=1S/C13H26O2Si/c1-9-14-12(10-11(2)3)15-16(7,8)13(4,5)6/h10H,2,9H2,1,3-8H3/b12-10-. The van der Waals surface area contributed by atoms with E-state index < -0.39 is 8.32 Å². The van der Waals surface area contributed by atoms with Gasteiger partial charge in [0.05, 0.1) is 6.61 Å². The van der Waals surface area contributed by atoms with Crippen LogP contribution >= 0.6 is 0 Å². The van der Waals surface area contributed by atoms with E-state index in [1.807, 2.05) is 19.9 Å². The van der Waals surface area contributed by atoms with Crippen LogP contribution in [0, 0.1) is 0 Å². The Morgan fingerprint density at radius 2 is 1.81 bits per heavy atom. The second-order valence-corrected chi connectivity index (χ2v) is 10.3. The molecule has 0 heterocycles. The number of allylic oxidation sites excluding steroid dienone is 2. The van der Waals surface area contributed by atoms with Crippen LogP contribution in [0.4, 0.5) is 0 Å². The maximum absolute atomic E-state index is 6.07. The van der Waals surface area contributed by atoms with Gasteiger partial charge < -0.3 is 9.16 Å². The molecule has 94 valence electrons. The first-order chi connectivity index (χ1) is 7.10. The molecule has 0 aliphatic rings. The third-order valence-electron chi connectivity index (χ3n) is 2.81. The van der Waals surface area contributed by atoms with Gasteiger partial charge in [-0.1, -0.05) is 32.9 Å². The third-order valence-corrected chi connectivity index (χ3v) is 7.14. The summed E-state index contributed by atoms with van der Waals surface area (Å²) in [5.41, 5.74) is 0.946. The Kier molecular flexibility index (Phi) is 5.33. The highest BCUT2D eigenvalue weighted by molar-refractivity contribution is 6.74. The largest absolute Gasteiger partial charge is 0.519 e. The fraction of sp³-hybridized carbons (Fsp3) is 0.692. The molecule has 0 aromatic rings. The summed E-state index contributed by atoms with van der Waals surface area (Å²) in [5.74, 6) is 0.613. The molecule has 0 saturated heterocycles. The topological polar surface area (TPSA) is 18.5 Å². The van der Waals surface area contributed by atoms with Gasteiger partial charge in [0.1, 0.15) is 0 Å². The van der Waals surface area contributed by atoms with Gasteiger partial charge in [0.15, 0.2) is 0 Å². The third kappa shape index (κ3) is 4.88. The Hall–Kier alpha value is -0.703. The van der Waals surface area contributed by atoms with E-state index in [0.29, 0.717) is 12.6 Å². The summed E-state index contributed by atoms with van der Waals surface area (Å²) in [6.07, 6.45) is 1.87. The average molecular weight is 242 g/mol.